The van der Waals surface area contributed by atoms with E-state index in [9.17, 15) is 4.39 Å². The van der Waals surface area contributed by atoms with Crippen LogP contribution in [0.4, 0.5) is 4.39 Å². The van der Waals surface area contributed by atoms with Crippen LogP contribution in [0.5, 0.6) is 5.75 Å². The summed E-state index contributed by atoms with van der Waals surface area (Å²) in [6, 6.07) is 4.25. The zero-order valence-electron chi connectivity index (χ0n) is 6.80. The van der Waals surface area contributed by atoms with Crippen molar-refractivity contribution in [2.45, 2.75) is 0 Å². The highest BCUT2D eigenvalue weighted by Gasteiger charge is 2.02. The molecule has 1 aromatic carbocycles. The normalized spacial score (nSPS) is 9.15. The average molecular weight is 226 g/mol. The Hall–Kier alpha value is -0.510. The highest BCUT2D eigenvalue weighted by molar-refractivity contribution is 6.30. The number of nitrogens with two attached hydrogens (primary N) is 1. The maximum Gasteiger partial charge on any atom is 0.166 e. The summed E-state index contributed by atoms with van der Waals surface area (Å²) in [5.74, 6) is -0.277. The minimum Gasteiger partial charge on any atom is -0.489 e. The summed E-state index contributed by atoms with van der Waals surface area (Å²) in [7, 11) is 0. The summed E-state index contributed by atoms with van der Waals surface area (Å²) in [5, 5.41) is 0.354. The third kappa shape index (κ3) is 3.81. The van der Waals surface area contributed by atoms with Crippen molar-refractivity contribution in [1.82, 2.24) is 0 Å². The van der Waals surface area contributed by atoms with Crippen molar-refractivity contribution in [3.8, 4) is 5.75 Å². The minimum atomic E-state index is -0.462. The monoisotopic (exact) mass is 225 g/mol. The lowest BCUT2D eigenvalue weighted by atomic mass is 10.3. The Morgan fingerprint density at radius 1 is 1.46 bits per heavy atom. The van der Waals surface area contributed by atoms with E-state index in [4.69, 9.17) is 22.1 Å². The molecule has 0 spiro atoms. The number of hydrogen-bond acceptors (Lipinski definition) is 2. The van der Waals surface area contributed by atoms with Crippen LogP contribution in [-0.4, -0.2) is 13.2 Å². The minimum absolute atomic E-state index is 0. The Balaban J connectivity index is 0.00000144. The molecule has 0 atom stereocenters. The van der Waals surface area contributed by atoms with Gasteiger partial charge in [-0.05, 0) is 18.2 Å². The second-order valence-electron chi connectivity index (χ2n) is 2.21. The van der Waals surface area contributed by atoms with Gasteiger partial charge in [-0.2, -0.15) is 0 Å². The molecule has 0 unspecified atom stereocenters. The van der Waals surface area contributed by atoms with E-state index in [0.717, 1.165) is 0 Å². The van der Waals surface area contributed by atoms with Gasteiger partial charge in [0.05, 0.1) is 0 Å². The third-order valence-corrected chi connectivity index (χ3v) is 1.50. The van der Waals surface area contributed by atoms with Crippen LogP contribution >= 0.6 is 24.0 Å². The van der Waals surface area contributed by atoms with Crippen molar-refractivity contribution in [2.75, 3.05) is 13.2 Å². The molecule has 0 aliphatic heterocycles. The molecule has 1 rings (SSSR count). The first-order chi connectivity index (χ1) is 5.74. The molecule has 0 aliphatic carbocycles. The van der Waals surface area contributed by atoms with Crippen molar-refractivity contribution in [3.63, 3.8) is 0 Å². The topological polar surface area (TPSA) is 35.2 Å². The van der Waals surface area contributed by atoms with Gasteiger partial charge in [0.2, 0.25) is 0 Å². The van der Waals surface area contributed by atoms with Crippen molar-refractivity contribution < 1.29 is 9.13 Å². The summed E-state index contributed by atoms with van der Waals surface area (Å²) in [5.41, 5.74) is 5.18. The van der Waals surface area contributed by atoms with Crippen LogP contribution in [0.2, 0.25) is 5.02 Å². The molecule has 0 aromatic heterocycles. The number of halogens is 3. The van der Waals surface area contributed by atoms with Crippen LogP contribution in [0.25, 0.3) is 0 Å². The average Bonchev–Trinajstić information content (AvgIpc) is 2.03. The lowest BCUT2D eigenvalue weighted by molar-refractivity contribution is 0.311. The van der Waals surface area contributed by atoms with Gasteiger partial charge in [0, 0.05) is 11.6 Å². The fourth-order valence-corrected chi connectivity index (χ4v) is 0.920. The SMILES string of the molecule is Cl.NCCOc1ccc(Cl)cc1F. The second-order valence-corrected chi connectivity index (χ2v) is 2.65. The van der Waals surface area contributed by atoms with Crippen molar-refractivity contribution in [1.29, 1.82) is 0 Å². The van der Waals surface area contributed by atoms with Gasteiger partial charge < -0.3 is 10.5 Å². The molecule has 74 valence electrons. The molecule has 0 bridgehead atoms. The third-order valence-electron chi connectivity index (χ3n) is 1.27. The smallest absolute Gasteiger partial charge is 0.166 e. The van der Waals surface area contributed by atoms with E-state index in [-0.39, 0.29) is 18.2 Å². The molecular weight excluding hydrogens is 216 g/mol. The zero-order valence-corrected chi connectivity index (χ0v) is 8.37. The molecular formula is C8H10Cl2FNO. The summed E-state index contributed by atoms with van der Waals surface area (Å²) in [6.45, 7) is 0.667. The molecule has 13 heavy (non-hydrogen) atoms. The molecule has 0 saturated carbocycles. The van der Waals surface area contributed by atoms with E-state index in [1.54, 1.807) is 6.07 Å². The van der Waals surface area contributed by atoms with Gasteiger partial charge in [-0.15, -0.1) is 12.4 Å². The first-order valence-electron chi connectivity index (χ1n) is 3.52. The van der Waals surface area contributed by atoms with Gasteiger partial charge in [0.15, 0.2) is 11.6 Å². The van der Waals surface area contributed by atoms with Crippen LogP contribution < -0.4 is 10.5 Å². The van der Waals surface area contributed by atoms with Crippen molar-refractivity contribution >= 4 is 24.0 Å². The maximum atomic E-state index is 12.9. The van der Waals surface area contributed by atoms with Crippen molar-refractivity contribution in [3.05, 3.63) is 29.0 Å². The Morgan fingerprint density at radius 3 is 2.69 bits per heavy atom. The van der Waals surface area contributed by atoms with Crippen LogP contribution in [0.1, 0.15) is 0 Å². The summed E-state index contributed by atoms with van der Waals surface area (Å²) < 4.78 is 17.9. The largest absolute Gasteiger partial charge is 0.489 e. The van der Waals surface area contributed by atoms with Gasteiger partial charge in [0.1, 0.15) is 6.61 Å². The molecule has 0 fully saturated rings. The Morgan fingerprint density at radius 2 is 2.15 bits per heavy atom. The molecule has 1 aromatic rings. The highest BCUT2D eigenvalue weighted by Crippen LogP contribution is 2.20. The number of rotatable bonds is 3. The predicted octanol–water partition coefficient (Wildman–Crippen LogP) is 2.24. The van der Waals surface area contributed by atoms with Gasteiger partial charge in [-0.1, -0.05) is 11.6 Å². The molecule has 0 aliphatic rings. The van der Waals surface area contributed by atoms with E-state index in [1.165, 1.54) is 12.1 Å². The van der Waals surface area contributed by atoms with Crippen LogP contribution in [0.3, 0.4) is 0 Å². The van der Waals surface area contributed by atoms with E-state index in [1.807, 2.05) is 0 Å². The predicted molar refractivity (Wildman–Crippen MR) is 53.2 cm³/mol. The van der Waals surface area contributed by atoms with Crippen molar-refractivity contribution in [2.24, 2.45) is 5.73 Å². The molecule has 0 radical (unpaired) electrons. The molecule has 0 saturated heterocycles. The molecule has 0 heterocycles. The Kier molecular flexibility index (Phi) is 5.79. The van der Waals surface area contributed by atoms with Gasteiger partial charge in [0.25, 0.3) is 0 Å². The fourth-order valence-electron chi connectivity index (χ4n) is 0.761. The number of hydrogen-bond donors (Lipinski definition) is 1. The molecule has 2 N–H and O–H groups in total. The van der Waals surface area contributed by atoms with E-state index >= 15 is 0 Å². The fraction of sp³-hybridized carbons (Fsp3) is 0.250. The molecule has 5 heteroatoms. The van der Waals surface area contributed by atoms with Crippen LogP contribution in [0.15, 0.2) is 18.2 Å². The summed E-state index contributed by atoms with van der Waals surface area (Å²) >= 11 is 5.53. The Bertz CT molecular complexity index is 270. The highest BCUT2D eigenvalue weighted by atomic mass is 35.5. The van der Waals surface area contributed by atoms with Gasteiger partial charge in [-0.3, -0.25) is 0 Å². The molecule has 0 amide bonds. The van der Waals surface area contributed by atoms with Gasteiger partial charge >= 0.3 is 0 Å². The van der Waals surface area contributed by atoms with Crippen LogP contribution in [0, 0.1) is 5.82 Å². The van der Waals surface area contributed by atoms with E-state index < -0.39 is 5.82 Å². The molecule has 2 nitrogen and oxygen atoms in total. The summed E-state index contributed by atoms with van der Waals surface area (Å²) in [6.07, 6.45) is 0. The first-order valence-corrected chi connectivity index (χ1v) is 3.90. The second kappa shape index (κ2) is 6.02. The standard InChI is InChI=1S/C8H9ClFNO.ClH/c9-6-1-2-8(7(10)5-6)12-4-3-11;/h1-2,5H,3-4,11H2;1H. The lowest BCUT2D eigenvalue weighted by Crippen LogP contribution is -2.11. The lowest BCUT2D eigenvalue weighted by Gasteiger charge is -2.04. The first kappa shape index (κ1) is 12.5. The number of benzene rings is 1. The maximum absolute atomic E-state index is 12.9. The number of ether oxygens (including phenoxy) is 1. The Labute approximate surface area is 87.2 Å². The zero-order chi connectivity index (χ0) is 8.97. The van der Waals surface area contributed by atoms with E-state index in [0.29, 0.717) is 18.2 Å². The van der Waals surface area contributed by atoms with E-state index in [2.05, 4.69) is 0 Å². The van der Waals surface area contributed by atoms with Gasteiger partial charge in [-0.25, -0.2) is 4.39 Å². The quantitative estimate of drug-likeness (QED) is 0.857. The van der Waals surface area contributed by atoms with Crippen LogP contribution in [-0.2, 0) is 0 Å². The summed E-state index contributed by atoms with van der Waals surface area (Å²) in [4.78, 5) is 0.